The first-order valence-corrected chi connectivity index (χ1v) is 4.51. The van der Waals surface area contributed by atoms with E-state index >= 15 is 0 Å². The second-order valence-corrected chi connectivity index (χ2v) is 3.30. The number of nitrogens with two attached hydrogens (primary N) is 1. The van der Waals surface area contributed by atoms with Gasteiger partial charge in [-0.15, -0.1) is 11.3 Å². The molecule has 0 atom stereocenters. The van der Waals surface area contributed by atoms with Gasteiger partial charge in [0.2, 0.25) is 5.91 Å². The zero-order valence-electron chi connectivity index (χ0n) is 6.83. The van der Waals surface area contributed by atoms with E-state index in [2.05, 4.69) is 10.3 Å². The lowest BCUT2D eigenvalue weighted by Gasteiger charge is -1.97. The first-order chi connectivity index (χ1) is 5.68. The maximum Gasteiger partial charge on any atom is 0.216 e. The maximum absolute atomic E-state index is 10.5. The van der Waals surface area contributed by atoms with Crippen molar-refractivity contribution in [1.82, 2.24) is 10.3 Å². The van der Waals surface area contributed by atoms with Gasteiger partial charge in [0.1, 0.15) is 0 Å². The van der Waals surface area contributed by atoms with Gasteiger partial charge in [-0.3, -0.25) is 4.79 Å². The third-order valence-corrected chi connectivity index (χ3v) is 2.05. The lowest BCUT2D eigenvalue weighted by Crippen LogP contribution is -2.22. The van der Waals surface area contributed by atoms with Gasteiger partial charge in [0.25, 0.3) is 0 Å². The van der Waals surface area contributed by atoms with Crippen LogP contribution in [-0.4, -0.2) is 17.4 Å². The Bertz CT molecular complexity index is 271. The number of carbonyl (C=O) groups excluding carboxylic acids is 1. The van der Waals surface area contributed by atoms with Crippen molar-refractivity contribution in [2.75, 3.05) is 12.3 Å². The van der Waals surface area contributed by atoms with E-state index in [1.165, 1.54) is 18.3 Å². The second-order valence-electron chi connectivity index (χ2n) is 2.41. The van der Waals surface area contributed by atoms with Crippen LogP contribution < -0.4 is 11.1 Å². The van der Waals surface area contributed by atoms with Crippen LogP contribution in [0.1, 0.15) is 12.6 Å². The van der Waals surface area contributed by atoms with E-state index in [1.54, 1.807) is 0 Å². The van der Waals surface area contributed by atoms with Gasteiger partial charge < -0.3 is 11.1 Å². The van der Waals surface area contributed by atoms with Gasteiger partial charge in [0.05, 0.1) is 5.69 Å². The Morgan fingerprint density at radius 1 is 1.83 bits per heavy atom. The highest BCUT2D eigenvalue weighted by molar-refractivity contribution is 7.13. The Balaban J connectivity index is 2.29. The summed E-state index contributed by atoms with van der Waals surface area (Å²) in [4.78, 5) is 14.5. The van der Waals surface area contributed by atoms with Crippen LogP contribution in [0.25, 0.3) is 0 Å². The van der Waals surface area contributed by atoms with Crippen molar-refractivity contribution in [3.63, 3.8) is 0 Å². The van der Waals surface area contributed by atoms with Gasteiger partial charge in [-0.1, -0.05) is 0 Å². The highest BCUT2D eigenvalue weighted by Crippen LogP contribution is 2.10. The van der Waals surface area contributed by atoms with Gasteiger partial charge in [-0.2, -0.15) is 0 Å². The summed E-state index contributed by atoms with van der Waals surface area (Å²) in [6.07, 6.45) is 0.743. The normalized spacial score (nSPS) is 9.75. The van der Waals surface area contributed by atoms with Crippen LogP contribution in [0.2, 0.25) is 0 Å². The van der Waals surface area contributed by atoms with Gasteiger partial charge in [0, 0.05) is 25.3 Å². The summed E-state index contributed by atoms with van der Waals surface area (Å²) in [5.74, 6) is -0.0156. The molecule has 1 aromatic heterocycles. The molecule has 0 fully saturated rings. The van der Waals surface area contributed by atoms with Crippen molar-refractivity contribution in [2.45, 2.75) is 13.3 Å². The predicted molar refractivity (Wildman–Crippen MR) is 48.9 cm³/mol. The molecule has 66 valence electrons. The van der Waals surface area contributed by atoms with E-state index < -0.39 is 0 Å². The number of nitrogens with one attached hydrogen (secondary N) is 1. The molecule has 0 unspecified atom stereocenters. The summed E-state index contributed by atoms with van der Waals surface area (Å²) < 4.78 is 0. The molecule has 1 heterocycles. The van der Waals surface area contributed by atoms with Crippen LogP contribution in [0.4, 0.5) is 5.13 Å². The minimum absolute atomic E-state index is 0.0156. The number of hydrogen-bond acceptors (Lipinski definition) is 4. The predicted octanol–water partition coefficient (Wildman–Crippen LogP) is 0.404. The van der Waals surface area contributed by atoms with Crippen molar-refractivity contribution in [3.8, 4) is 0 Å². The van der Waals surface area contributed by atoms with Crippen LogP contribution in [0, 0.1) is 0 Å². The van der Waals surface area contributed by atoms with Crippen LogP contribution >= 0.6 is 11.3 Å². The molecule has 0 aliphatic heterocycles. The Morgan fingerprint density at radius 2 is 2.58 bits per heavy atom. The van der Waals surface area contributed by atoms with E-state index in [4.69, 9.17) is 5.73 Å². The summed E-state index contributed by atoms with van der Waals surface area (Å²) in [6.45, 7) is 2.12. The zero-order chi connectivity index (χ0) is 8.97. The molecule has 1 amide bonds. The van der Waals surface area contributed by atoms with Gasteiger partial charge in [-0.05, 0) is 0 Å². The number of thiazole rings is 1. The summed E-state index contributed by atoms with van der Waals surface area (Å²) in [7, 11) is 0. The lowest BCUT2D eigenvalue weighted by molar-refractivity contribution is -0.118. The molecular formula is C7H11N3OS. The highest BCUT2D eigenvalue weighted by Gasteiger charge is 1.98. The smallest absolute Gasteiger partial charge is 0.216 e. The third-order valence-electron chi connectivity index (χ3n) is 1.32. The van der Waals surface area contributed by atoms with Crippen LogP contribution in [0.3, 0.4) is 0 Å². The number of carbonyl (C=O) groups is 1. The molecule has 3 N–H and O–H groups in total. The molecule has 1 rings (SSSR count). The summed E-state index contributed by atoms with van der Waals surface area (Å²) in [5, 5.41) is 5.16. The first-order valence-electron chi connectivity index (χ1n) is 3.63. The molecule has 0 radical (unpaired) electrons. The SMILES string of the molecule is CC(=O)NCCc1csc(N)n1. The molecule has 0 bridgehead atoms. The fourth-order valence-electron chi connectivity index (χ4n) is 0.804. The Morgan fingerprint density at radius 3 is 3.08 bits per heavy atom. The molecule has 1 aromatic rings. The Hall–Kier alpha value is -1.10. The number of nitrogens with zero attached hydrogens (tertiary/aromatic N) is 1. The summed E-state index contributed by atoms with van der Waals surface area (Å²) >= 11 is 1.42. The van der Waals surface area contributed by atoms with Gasteiger partial charge in [0.15, 0.2) is 5.13 Å². The number of aromatic nitrogens is 1. The van der Waals surface area contributed by atoms with Crippen molar-refractivity contribution >= 4 is 22.4 Å². The quantitative estimate of drug-likeness (QED) is 0.716. The Labute approximate surface area is 74.8 Å². The monoisotopic (exact) mass is 185 g/mol. The molecule has 0 saturated heterocycles. The van der Waals surface area contributed by atoms with Crippen LogP contribution in [0.15, 0.2) is 5.38 Å². The fourth-order valence-corrected chi connectivity index (χ4v) is 1.40. The molecular weight excluding hydrogens is 174 g/mol. The molecule has 0 saturated carbocycles. The van der Waals surface area contributed by atoms with E-state index in [0.717, 1.165) is 12.1 Å². The summed E-state index contributed by atoms with van der Waals surface area (Å²) in [6, 6.07) is 0. The lowest BCUT2D eigenvalue weighted by atomic mass is 10.3. The van der Waals surface area contributed by atoms with Crippen molar-refractivity contribution < 1.29 is 4.79 Å². The molecule has 5 heteroatoms. The minimum Gasteiger partial charge on any atom is -0.375 e. The number of anilines is 1. The molecule has 0 aliphatic rings. The number of nitrogen functional groups attached to an aromatic ring is 1. The average molecular weight is 185 g/mol. The molecule has 0 spiro atoms. The third kappa shape index (κ3) is 2.87. The number of amides is 1. The average Bonchev–Trinajstić information content (AvgIpc) is 2.35. The standard InChI is InChI=1S/C7H11N3OS/c1-5(11)9-3-2-6-4-12-7(8)10-6/h4H,2-3H2,1H3,(H2,8,10)(H,9,11). The minimum atomic E-state index is -0.0156. The molecule has 0 aliphatic carbocycles. The number of rotatable bonds is 3. The maximum atomic E-state index is 10.5. The van der Waals surface area contributed by atoms with E-state index in [-0.39, 0.29) is 5.91 Å². The van der Waals surface area contributed by atoms with Crippen LogP contribution in [0.5, 0.6) is 0 Å². The van der Waals surface area contributed by atoms with Crippen molar-refractivity contribution in [2.24, 2.45) is 0 Å². The zero-order valence-corrected chi connectivity index (χ0v) is 7.65. The van der Waals surface area contributed by atoms with Crippen molar-refractivity contribution in [1.29, 1.82) is 0 Å². The van der Waals surface area contributed by atoms with Gasteiger partial charge >= 0.3 is 0 Å². The van der Waals surface area contributed by atoms with E-state index in [0.29, 0.717) is 11.7 Å². The van der Waals surface area contributed by atoms with E-state index in [9.17, 15) is 4.79 Å². The fraction of sp³-hybridized carbons (Fsp3) is 0.429. The van der Waals surface area contributed by atoms with Gasteiger partial charge in [-0.25, -0.2) is 4.98 Å². The van der Waals surface area contributed by atoms with Crippen LogP contribution in [-0.2, 0) is 11.2 Å². The molecule has 12 heavy (non-hydrogen) atoms. The second kappa shape index (κ2) is 4.06. The molecule has 0 aromatic carbocycles. The topological polar surface area (TPSA) is 68.0 Å². The van der Waals surface area contributed by atoms with E-state index in [1.807, 2.05) is 5.38 Å². The highest BCUT2D eigenvalue weighted by atomic mass is 32.1. The summed E-state index contributed by atoms with van der Waals surface area (Å²) in [5.41, 5.74) is 6.37. The number of hydrogen-bond donors (Lipinski definition) is 2. The molecule has 4 nitrogen and oxygen atoms in total. The Kier molecular flexibility index (Phi) is 3.04. The largest absolute Gasteiger partial charge is 0.375 e. The van der Waals surface area contributed by atoms with Crippen molar-refractivity contribution in [3.05, 3.63) is 11.1 Å². The first kappa shape index (κ1) is 8.99.